The van der Waals surface area contributed by atoms with Crippen molar-refractivity contribution in [2.75, 3.05) is 23.4 Å². The van der Waals surface area contributed by atoms with E-state index in [0.29, 0.717) is 24.5 Å². The van der Waals surface area contributed by atoms with Gasteiger partial charge in [-0.25, -0.2) is 4.98 Å². The zero-order valence-electron chi connectivity index (χ0n) is 14.7. The molecule has 0 spiro atoms. The van der Waals surface area contributed by atoms with Crippen molar-refractivity contribution in [2.45, 2.75) is 45.7 Å². The minimum Gasteiger partial charge on any atom is -0.395 e. The standard InChI is InChI=1S/C19H26N4O/c1-13(2)17-11-18(22-19(21-17)20-8-9-24)23-12-16-7-5-4-6-15(16)10-14(23)3/h4-7,11,13-14,24H,8-10,12H2,1-3H3,(H,20,21,22)/t14-/m0/s1. The summed E-state index contributed by atoms with van der Waals surface area (Å²) in [6.45, 7) is 7.91. The van der Waals surface area contributed by atoms with Gasteiger partial charge in [0.15, 0.2) is 0 Å². The third kappa shape index (κ3) is 3.51. The quantitative estimate of drug-likeness (QED) is 0.884. The van der Waals surface area contributed by atoms with E-state index >= 15 is 0 Å². The minimum absolute atomic E-state index is 0.0676. The number of aromatic nitrogens is 2. The van der Waals surface area contributed by atoms with Crippen LogP contribution in [0.2, 0.25) is 0 Å². The smallest absolute Gasteiger partial charge is 0.224 e. The molecule has 0 saturated heterocycles. The molecule has 0 bridgehead atoms. The van der Waals surface area contributed by atoms with Crippen molar-refractivity contribution in [1.29, 1.82) is 0 Å². The van der Waals surface area contributed by atoms with Gasteiger partial charge in [-0.2, -0.15) is 4.98 Å². The van der Waals surface area contributed by atoms with Gasteiger partial charge in [0, 0.05) is 25.2 Å². The van der Waals surface area contributed by atoms with Crippen molar-refractivity contribution in [1.82, 2.24) is 9.97 Å². The van der Waals surface area contributed by atoms with Crippen molar-refractivity contribution in [3.63, 3.8) is 0 Å². The van der Waals surface area contributed by atoms with E-state index in [2.05, 4.69) is 66.3 Å². The maximum Gasteiger partial charge on any atom is 0.224 e. The van der Waals surface area contributed by atoms with Crippen molar-refractivity contribution in [3.8, 4) is 0 Å². The summed E-state index contributed by atoms with van der Waals surface area (Å²) in [5, 5.41) is 12.2. The Kier molecular flexibility index (Phi) is 5.00. The molecular weight excluding hydrogens is 300 g/mol. The number of hydrogen-bond donors (Lipinski definition) is 2. The van der Waals surface area contributed by atoms with Gasteiger partial charge < -0.3 is 15.3 Å². The normalized spacial score (nSPS) is 17.0. The first-order chi connectivity index (χ1) is 11.6. The Morgan fingerprint density at radius 2 is 2.00 bits per heavy atom. The second kappa shape index (κ2) is 7.18. The van der Waals surface area contributed by atoms with Gasteiger partial charge in [-0.1, -0.05) is 38.1 Å². The van der Waals surface area contributed by atoms with Crippen molar-refractivity contribution < 1.29 is 5.11 Å². The van der Waals surface area contributed by atoms with Crippen LogP contribution in [0, 0.1) is 0 Å². The van der Waals surface area contributed by atoms with Crippen LogP contribution in [0.3, 0.4) is 0 Å². The van der Waals surface area contributed by atoms with E-state index in [1.54, 1.807) is 0 Å². The lowest BCUT2D eigenvalue weighted by atomic mass is 9.95. The molecule has 1 aromatic carbocycles. The molecule has 0 fully saturated rings. The molecule has 1 aromatic heterocycles. The lowest BCUT2D eigenvalue weighted by molar-refractivity contribution is 0.310. The predicted molar refractivity (Wildman–Crippen MR) is 97.5 cm³/mol. The average Bonchev–Trinajstić information content (AvgIpc) is 2.59. The Morgan fingerprint density at radius 1 is 1.25 bits per heavy atom. The largest absolute Gasteiger partial charge is 0.395 e. The highest BCUT2D eigenvalue weighted by Crippen LogP contribution is 2.29. The lowest BCUT2D eigenvalue weighted by Gasteiger charge is -2.36. The van der Waals surface area contributed by atoms with Crippen LogP contribution in [0.15, 0.2) is 30.3 Å². The highest BCUT2D eigenvalue weighted by atomic mass is 16.3. The number of nitrogens with zero attached hydrogens (tertiary/aromatic N) is 3. The number of rotatable bonds is 5. The molecular formula is C19H26N4O. The van der Waals surface area contributed by atoms with Gasteiger partial charge in [-0.3, -0.25) is 0 Å². The summed E-state index contributed by atoms with van der Waals surface area (Å²) in [6, 6.07) is 11.1. The van der Waals surface area contributed by atoms with Crippen LogP contribution in [0.25, 0.3) is 0 Å². The number of hydrogen-bond acceptors (Lipinski definition) is 5. The molecule has 0 aliphatic carbocycles. The Bertz CT molecular complexity index is 702. The van der Waals surface area contributed by atoms with Crippen LogP contribution >= 0.6 is 0 Å². The first-order valence-electron chi connectivity index (χ1n) is 8.65. The number of benzene rings is 1. The van der Waals surface area contributed by atoms with Crippen LogP contribution in [0.5, 0.6) is 0 Å². The molecule has 1 aliphatic heterocycles. The molecule has 5 heteroatoms. The van der Waals surface area contributed by atoms with Crippen molar-refractivity contribution in [2.24, 2.45) is 0 Å². The van der Waals surface area contributed by atoms with Gasteiger partial charge in [0.2, 0.25) is 5.95 Å². The Morgan fingerprint density at radius 3 is 2.71 bits per heavy atom. The van der Waals surface area contributed by atoms with E-state index in [9.17, 15) is 0 Å². The van der Waals surface area contributed by atoms with E-state index in [1.807, 2.05) is 0 Å². The van der Waals surface area contributed by atoms with Crippen LogP contribution in [-0.4, -0.2) is 34.3 Å². The van der Waals surface area contributed by atoms with Crippen LogP contribution in [0.4, 0.5) is 11.8 Å². The van der Waals surface area contributed by atoms with Gasteiger partial charge in [0.05, 0.1) is 12.3 Å². The molecule has 0 saturated carbocycles. The summed E-state index contributed by atoms with van der Waals surface area (Å²) >= 11 is 0. The summed E-state index contributed by atoms with van der Waals surface area (Å²) in [7, 11) is 0. The molecule has 1 aliphatic rings. The van der Waals surface area contributed by atoms with Gasteiger partial charge in [0.25, 0.3) is 0 Å². The average molecular weight is 326 g/mol. The third-order valence-electron chi connectivity index (χ3n) is 4.52. The van der Waals surface area contributed by atoms with Gasteiger partial charge in [0.1, 0.15) is 5.82 Å². The fourth-order valence-electron chi connectivity index (χ4n) is 3.13. The summed E-state index contributed by atoms with van der Waals surface area (Å²) in [4.78, 5) is 11.6. The molecule has 5 nitrogen and oxygen atoms in total. The zero-order valence-corrected chi connectivity index (χ0v) is 14.7. The van der Waals surface area contributed by atoms with Crippen LogP contribution < -0.4 is 10.2 Å². The van der Waals surface area contributed by atoms with E-state index in [4.69, 9.17) is 10.1 Å². The Hall–Kier alpha value is -2.14. The molecule has 0 amide bonds. The van der Waals surface area contributed by atoms with Crippen LogP contribution in [-0.2, 0) is 13.0 Å². The number of aliphatic hydroxyl groups is 1. The maximum absolute atomic E-state index is 9.05. The van der Waals surface area contributed by atoms with Gasteiger partial charge in [-0.15, -0.1) is 0 Å². The van der Waals surface area contributed by atoms with E-state index in [0.717, 1.165) is 24.5 Å². The summed E-state index contributed by atoms with van der Waals surface area (Å²) in [5.74, 6) is 1.88. The maximum atomic E-state index is 9.05. The van der Waals surface area contributed by atoms with Crippen molar-refractivity contribution in [3.05, 3.63) is 47.2 Å². The number of anilines is 2. The molecule has 2 heterocycles. The molecule has 2 aromatic rings. The van der Waals surface area contributed by atoms with Crippen molar-refractivity contribution >= 4 is 11.8 Å². The Balaban J connectivity index is 1.94. The number of fused-ring (bicyclic) bond motifs is 1. The molecule has 2 N–H and O–H groups in total. The fourth-order valence-corrected chi connectivity index (χ4v) is 3.13. The lowest BCUT2D eigenvalue weighted by Crippen LogP contribution is -2.39. The fraction of sp³-hybridized carbons (Fsp3) is 0.474. The molecule has 1 atom stereocenters. The topological polar surface area (TPSA) is 61.3 Å². The van der Waals surface area contributed by atoms with Gasteiger partial charge in [-0.05, 0) is 30.4 Å². The van der Waals surface area contributed by atoms with E-state index < -0.39 is 0 Å². The summed E-state index contributed by atoms with van der Waals surface area (Å²) in [5.41, 5.74) is 3.81. The minimum atomic E-state index is 0.0676. The highest BCUT2D eigenvalue weighted by molar-refractivity contribution is 5.49. The second-order valence-corrected chi connectivity index (χ2v) is 6.73. The molecule has 0 unspecified atom stereocenters. The first kappa shape index (κ1) is 16.7. The number of nitrogens with one attached hydrogen (secondary N) is 1. The molecule has 128 valence electrons. The first-order valence-corrected chi connectivity index (χ1v) is 8.65. The predicted octanol–water partition coefficient (Wildman–Crippen LogP) is 2.96. The monoisotopic (exact) mass is 326 g/mol. The molecule has 24 heavy (non-hydrogen) atoms. The molecule has 3 rings (SSSR count). The zero-order chi connectivity index (χ0) is 17.1. The Labute approximate surface area is 143 Å². The molecule has 0 radical (unpaired) electrons. The van der Waals surface area contributed by atoms with E-state index in [-0.39, 0.29) is 6.61 Å². The highest BCUT2D eigenvalue weighted by Gasteiger charge is 2.24. The van der Waals surface area contributed by atoms with Crippen LogP contribution in [0.1, 0.15) is 43.5 Å². The summed E-state index contributed by atoms with van der Waals surface area (Å²) < 4.78 is 0. The summed E-state index contributed by atoms with van der Waals surface area (Å²) in [6.07, 6.45) is 1.02. The van der Waals surface area contributed by atoms with Gasteiger partial charge >= 0.3 is 0 Å². The SMILES string of the molecule is CC(C)c1cc(N2Cc3ccccc3C[C@@H]2C)nc(NCCO)n1. The van der Waals surface area contributed by atoms with E-state index in [1.165, 1.54) is 11.1 Å². The third-order valence-corrected chi connectivity index (χ3v) is 4.52. The number of aliphatic hydroxyl groups excluding tert-OH is 1. The second-order valence-electron chi connectivity index (χ2n) is 6.73.